The highest BCUT2D eigenvalue weighted by Gasteiger charge is 2.23. The second-order valence-corrected chi connectivity index (χ2v) is 8.57. The fourth-order valence-corrected chi connectivity index (χ4v) is 4.16. The maximum atomic E-state index is 13.2. The molecule has 0 radical (unpaired) electrons. The molecule has 8 heteroatoms. The van der Waals surface area contributed by atoms with Gasteiger partial charge in [0.25, 0.3) is 10.0 Å². The summed E-state index contributed by atoms with van der Waals surface area (Å²) in [5, 5.41) is 0.254. The van der Waals surface area contributed by atoms with Gasteiger partial charge in [-0.25, -0.2) is 8.42 Å². The van der Waals surface area contributed by atoms with E-state index in [-0.39, 0.29) is 38.2 Å². The molecule has 6 nitrogen and oxygen atoms in total. The average molecular weight is 446 g/mol. The van der Waals surface area contributed by atoms with Gasteiger partial charge in [0.2, 0.25) is 0 Å². The summed E-state index contributed by atoms with van der Waals surface area (Å²) in [6.45, 7) is 1.86. The second-order valence-electron chi connectivity index (χ2n) is 6.48. The molecule has 0 aliphatic rings. The molecule has 0 bridgehead atoms. The van der Waals surface area contributed by atoms with E-state index >= 15 is 0 Å². The van der Waals surface area contributed by atoms with Crippen molar-refractivity contribution in [3.05, 3.63) is 82.4 Å². The van der Waals surface area contributed by atoms with Crippen molar-refractivity contribution in [3.63, 3.8) is 0 Å². The zero-order chi connectivity index (χ0) is 21.9. The lowest BCUT2D eigenvalue weighted by molar-refractivity contribution is 0.103. The van der Waals surface area contributed by atoms with Crippen LogP contribution in [0.2, 0.25) is 5.02 Å². The number of ketones is 1. The Hall–Kier alpha value is -3.03. The maximum Gasteiger partial charge on any atom is 0.261 e. The van der Waals surface area contributed by atoms with Crippen molar-refractivity contribution in [1.29, 1.82) is 0 Å². The summed E-state index contributed by atoms with van der Waals surface area (Å²) in [7, 11) is -1.10. The lowest BCUT2D eigenvalue weighted by Crippen LogP contribution is -2.16. The molecule has 0 spiro atoms. The number of halogens is 1. The normalized spacial score (nSPS) is 11.1. The summed E-state index contributed by atoms with van der Waals surface area (Å²) in [4.78, 5) is 13.3. The minimum Gasteiger partial charge on any atom is -0.493 e. The average Bonchev–Trinajstić information content (AvgIpc) is 2.73. The Balaban J connectivity index is 2.14. The first-order chi connectivity index (χ1) is 14.3. The summed E-state index contributed by atoms with van der Waals surface area (Å²) < 4.78 is 38.9. The van der Waals surface area contributed by atoms with E-state index in [9.17, 15) is 13.2 Å². The maximum absolute atomic E-state index is 13.2. The molecule has 0 aromatic heterocycles. The number of nitrogens with one attached hydrogen (secondary N) is 1. The second kappa shape index (κ2) is 8.77. The number of rotatable bonds is 7. The molecule has 30 heavy (non-hydrogen) atoms. The van der Waals surface area contributed by atoms with Crippen LogP contribution in [0.15, 0.2) is 65.6 Å². The monoisotopic (exact) mass is 445 g/mol. The van der Waals surface area contributed by atoms with Gasteiger partial charge < -0.3 is 9.47 Å². The molecule has 3 rings (SSSR count). The Morgan fingerprint density at radius 2 is 1.50 bits per heavy atom. The van der Waals surface area contributed by atoms with E-state index in [1.807, 2.05) is 6.92 Å². The highest BCUT2D eigenvalue weighted by atomic mass is 35.5. The Bertz CT molecular complexity index is 1190. The molecular weight excluding hydrogens is 426 g/mol. The van der Waals surface area contributed by atoms with Crippen LogP contribution in [-0.2, 0) is 10.0 Å². The summed E-state index contributed by atoms with van der Waals surface area (Å²) in [5.74, 6) is 0.101. The number of aryl methyl sites for hydroxylation is 1. The number of carbonyl (C=O) groups excluding carboxylic acids is 1. The van der Waals surface area contributed by atoms with Crippen LogP contribution in [0.1, 0.15) is 21.5 Å². The Morgan fingerprint density at radius 1 is 0.900 bits per heavy atom. The molecule has 0 aliphatic carbocycles. The van der Waals surface area contributed by atoms with Crippen LogP contribution in [0.3, 0.4) is 0 Å². The van der Waals surface area contributed by atoms with Gasteiger partial charge in [-0.1, -0.05) is 41.4 Å². The van der Waals surface area contributed by atoms with Crippen LogP contribution in [0.4, 0.5) is 5.69 Å². The molecular formula is C22H20ClNO5S. The quantitative estimate of drug-likeness (QED) is 0.533. The van der Waals surface area contributed by atoms with E-state index in [2.05, 4.69) is 4.72 Å². The van der Waals surface area contributed by atoms with Gasteiger partial charge >= 0.3 is 0 Å². The fourth-order valence-electron chi connectivity index (χ4n) is 2.86. The standard InChI is InChI=1S/C22H20ClNO5S/c1-14-8-10-15(11-9-14)30(26,27)24-19-13-21(29-3)20(28-2)12-17(19)22(25)16-6-4-5-7-18(16)23/h4-13,24H,1-3H3. The first-order valence-corrected chi connectivity index (χ1v) is 10.8. The topological polar surface area (TPSA) is 81.7 Å². The van der Waals surface area contributed by atoms with Gasteiger partial charge in [-0.2, -0.15) is 0 Å². The smallest absolute Gasteiger partial charge is 0.261 e. The number of benzene rings is 3. The molecule has 0 unspecified atom stereocenters. The van der Waals surface area contributed by atoms with Crippen molar-refractivity contribution in [2.24, 2.45) is 0 Å². The molecule has 0 amide bonds. The lowest BCUT2D eigenvalue weighted by atomic mass is 10.0. The van der Waals surface area contributed by atoms with Crippen LogP contribution in [0.25, 0.3) is 0 Å². The Kier molecular flexibility index (Phi) is 6.34. The van der Waals surface area contributed by atoms with Gasteiger partial charge in [0, 0.05) is 11.6 Å². The molecule has 0 heterocycles. The number of sulfonamides is 1. The molecule has 0 atom stereocenters. The molecule has 0 fully saturated rings. The minimum atomic E-state index is -3.95. The Labute approximate surface area is 180 Å². The van der Waals surface area contributed by atoms with Gasteiger partial charge in [-0.15, -0.1) is 0 Å². The largest absolute Gasteiger partial charge is 0.493 e. The summed E-state index contributed by atoms with van der Waals surface area (Å²) in [6.07, 6.45) is 0. The van der Waals surface area contributed by atoms with Gasteiger partial charge in [0.05, 0.1) is 35.4 Å². The predicted octanol–water partition coefficient (Wildman–Crippen LogP) is 4.70. The highest BCUT2D eigenvalue weighted by Crippen LogP contribution is 2.36. The molecule has 1 N–H and O–H groups in total. The molecule has 3 aromatic rings. The van der Waals surface area contributed by atoms with Gasteiger partial charge in [0.1, 0.15) is 0 Å². The van der Waals surface area contributed by atoms with Crippen LogP contribution < -0.4 is 14.2 Å². The Morgan fingerprint density at radius 3 is 2.10 bits per heavy atom. The highest BCUT2D eigenvalue weighted by molar-refractivity contribution is 7.92. The van der Waals surface area contributed by atoms with E-state index in [4.69, 9.17) is 21.1 Å². The van der Waals surface area contributed by atoms with E-state index in [0.717, 1.165) is 5.56 Å². The molecule has 0 aliphatic heterocycles. The van der Waals surface area contributed by atoms with Crippen molar-refractivity contribution in [2.75, 3.05) is 18.9 Å². The zero-order valence-electron chi connectivity index (χ0n) is 16.6. The van der Waals surface area contributed by atoms with E-state index in [1.165, 1.54) is 38.5 Å². The van der Waals surface area contributed by atoms with Crippen LogP contribution in [-0.4, -0.2) is 28.4 Å². The fraction of sp³-hybridized carbons (Fsp3) is 0.136. The number of ether oxygens (including phenoxy) is 2. The van der Waals surface area contributed by atoms with E-state index in [0.29, 0.717) is 0 Å². The van der Waals surface area contributed by atoms with Crippen molar-refractivity contribution < 1.29 is 22.7 Å². The third kappa shape index (κ3) is 4.42. The summed E-state index contributed by atoms with van der Waals surface area (Å²) in [6, 6.07) is 15.8. The van der Waals surface area contributed by atoms with Gasteiger partial charge in [-0.05, 0) is 37.3 Å². The number of methoxy groups -OCH3 is 2. The van der Waals surface area contributed by atoms with Crippen LogP contribution in [0.5, 0.6) is 11.5 Å². The van der Waals surface area contributed by atoms with E-state index in [1.54, 1.807) is 36.4 Å². The first-order valence-electron chi connectivity index (χ1n) is 8.91. The van der Waals surface area contributed by atoms with Crippen molar-refractivity contribution in [2.45, 2.75) is 11.8 Å². The van der Waals surface area contributed by atoms with Gasteiger partial charge in [-0.3, -0.25) is 9.52 Å². The third-order valence-corrected chi connectivity index (χ3v) is 6.17. The lowest BCUT2D eigenvalue weighted by Gasteiger charge is -2.16. The van der Waals surface area contributed by atoms with Crippen molar-refractivity contribution in [3.8, 4) is 11.5 Å². The number of hydrogen-bond donors (Lipinski definition) is 1. The molecule has 3 aromatic carbocycles. The molecule has 156 valence electrons. The van der Waals surface area contributed by atoms with Crippen LogP contribution in [0, 0.1) is 6.92 Å². The first kappa shape index (κ1) is 21.7. The zero-order valence-corrected chi connectivity index (χ0v) is 18.2. The predicted molar refractivity (Wildman–Crippen MR) is 116 cm³/mol. The molecule has 0 saturated heterocycles. The van der Waals surface area contributed by atoms with Crippen LogP contribution >= 0.6 is 11.6 Å². The molecule has 0 saturated carbocycles. The van der Waals surface area contributed by atoms with Crippen molar-refractivity contribution in [1.82, 2.24) is 0 Å². The third-order valence-electron chi connectivity index (χ3n) is 4.46. The van der Waals surface area contributed by atoms with Crippen molar-refractivity contribution >= 4 is 33.1 Å². The summed E-state index contributed by atoms with van der Waals surface area (Å²) in [5.41, 5.74) is 1.30. The number of hydrogen-bond acceptors (Lipinski definition) is 5. The van der Waals surface area contributed by atoms with Gasteiger partial charge in [0.15, 0.2) is 17.3 Å². The number of carbonyl (C=O) groups is 1. The number of anilines is 1. The van der Waals surface area contributed by atoms with E-state index < -0.39 is 15.8 Å². The SMILES string of the molecule is COc1cc(NS(=O)(=O)c2ccc(C)cc2)c(C(=O)c2ccccc2Cl)cc1OC. The minimum absolute atomic E-state index is 0.0538. The summed E-state index contributed by atoms with van der Waals surface area (Å²) >= 11 is 6.18.